The van der Waals surface area contributed by atoms with Crippen molar-refractivity contribution in [3.63, 3.8) is 0 Å². The van der Waals surface area contributed by atoms with E-state index < -0.39 is 15.9 Å². The van der Waals surface area contributed by atoms with Crippen LogP contribution in [0, 0.1) is 5.92 Å². The highest BCUT2D eigenvalue weighted by Gasteiger charge is 2.24. The monoisotopic (exact) mass is 440 g/mol. The van der Waals surface area contributed by atoms with E-state index in [0.717, 1.165) is 22.3 Å². The number of nitrogens with one attached hydrogen (secondary N) is 1. The van der Waals surface area contributed by atoms with Gasteiger partial charge in [0.05, 0.1) is 29.5 Å². The van der Waals surface area contributed by atoms with Crippen LogP contribution in [0.25, 0.3) is 11.1 Å². The van der Waals surface area contributed by atoms with E-state index in [1.54, 1.807) is 36.8 Å². The summed E-state index contributed by atoms with van der Waals surface area (Å²) >= 11 is 0. The molecule has 2 atom stereocenters. The van der Waals surface area contributed by atoms with E-state index >= 15 is 0 Å². The summed E-state index contributed by atoms with van der Waals surface area (Å²) in [7, 11) is -3.23. The molecule has 0 aliphatic carbocycles. The van der Waals surface area contributed by atoms with E-state index in [1.807, 2.05) is 44.2 Å². The minimum atomic E-state index is -3.23. The van der Waals surface area contributed by atoms with E-state index in [1.165, 1.54) is 6.26 Å². The maximum atomic E-state index is 12.0. The van der Waals surface area contributed by atoms with Crippen LogP contribution in [0.2, 0.25) is 0 Å². The Labute approximate surface area is 183 Å². The molecule has 164 valence electrons. The molecule has 0 saturated carbocycles. The first-order valence-electron chi connectivity index (χ1n) is 10.1. The lowest BCUT2D eigenvalue weighted by molar-refractivity contribution is -0.120. The first-order chi connectivity index (χ1) is 14.6. The molecule has 0 aliphatic heterocycles. The molecule has 0 spiro atoms. The smallest absolute Gasteiger partial charge is 0.234 e. The predicted octanol–water partition coefficient (Wildman–Crippen LogP) is 3.93. The minimum Gasteiger partial charge on any atom is -0.472 e. The van der Waals surface area contributed by atoms with Gasteiger partial charge in [-0.2, -0.15) is 0 Å². The Kier molecular flexibility index (Phi) is 6.97. The predicted molar refractivity (Wildman–Crippen MR) is 121 cm³/mol. The maximum Gasteiger partial charge on any atom is 0.234 e. The third-order valence-electron chi connectivity index (χ3n) is 5.15. The molecule has 0 unspecified atom stereocenters. The van der Waals surface area contributed by atoms with Crippen LogP contribution >= 0.6 is 0 Å². The third kappa shape index (κ3) is 5.83. The highest BCUT2D eigenvalue weighted by atomic mass is 32.2. The van der Waals surface area contributed by atoms with Gasteiger partial charge >= 0.3 is 0 Å². The molecule has 2 aromatic carbocycles. The Morgan fingerprint density at radius 1 is 0.968 bits per heavy atom. The summed E-state index contributed by atoms with van der Waals surface area (Å²) < 4.78 is 28.6. The van der Waals surface area contributed by atoms with Crippen molar-refractivity contribution in [3.8, 4) is 11.1 Å². The summed E-state index contributed by atoms with van der Waals surface area (Å²) in [6.45, 7) is 4.10. The minimum absolute atomic E-state index is 0.253. The summed E-state index contributed by atoms with van der Waals surface area (Å²) in [6.07, 6.45) is 5.08. The van der Waals surface area contributed by atoms with Crippen molar-refractivity contribution in [1.82, 2.24) is 5.32 Å². The highest BCUT2D eigenvalue weighted by Crippen LogP contribution is 2.28. The number of primary amides is 1. The Balaban J connectivity index is 1.88. The fraction of sp³-hybridized carbons (Fsp3) is 0.292. The number of benzene rings is 2. The number of carbonyl (C=O) groups is 1. The van der Waals surface area contributed by atoms with E-state index in [0.29, 0.717) is 17.2 Å². The topological polar surface area (TPSA) is 102 Å². The number of hydrogen-bond acceptors (Lipinski definition) is 5. The van der Waals surface area contributed by atoms with Crippen LogP contribution in [0.3, 0.4) is 0 Å². The van der Waals surface area contributed by atoms with Crippen molar-refractivity contribution in [2.24, 2.45) is 11.7 Å². The standard InChI is InChI=1S/C24H28N2O4S/c1-16(2)14-22(24(25)27)26-23(20-12-13-30-15-20)19-6-4-17(5-7-19)18-8-10-21(11-9-18)31(3,28)29/h4-13,15-16,22-23,26H,14H2,1-3H3,(H2,25,27)/t22-,23-/m0/s1. The Hall–Kier alpha value is -2.90. The number of carbonyl (C=O) groups excluding carboxylic acids is 1. The molecule has 1 amide bonds. The lowest BCUT2D eigenvalue weighted by Crippen LogP contribution is -2.44. The zero-order chi connectivity index (χ0) is 22.6. The molecule has 0 fully saturated rings. The fourth-order valence-electron chi connectivity index (χ4n) is 3.53. The summed E-state index contributed by atoms with van der Waals surface area (Å²) in [4.78, 5) is 12.3. The van der Waals surface area contributed by atoms with Gasteiger partial charge in [-0.05, 0) is 47.2 Å². The lowest BCUT2D eigenvalue weighted by Gasteiger charge is -2.25. The molecule has 6 nitrogen and oxygen atoms in total. The van der Waals surface area contributed by atoms with Crippen LogP contribution in [0.15, 0.2) is 76.4 Å². The van der Waals surface area contributed by atoms with Crippen LogP contribution in [-0.2, 0) is 14.6 Å². The average molecular weight is 441 g/mol. The van der Waals surface area contributed by atoms with Crippen LogP contribution < -0.4 is 11.1 Å². The van der Waals surface area contributed by atoms with Gasteiger partial charge in [0, 0.05) is 11.8 Å². The molecule has 7 heteroatoms. The molecule has 1 aromatic heterocycles. The molecule has 3 aromatic rings. The van der Waals surface area contributed by atoms with Gasteiger partial charge in [0.2, 0.25) is 5.91 Å². The second kappa shape index (κ2) is 9.49. The van der Waals surface area contributed by atoms with Gasteiger partial charge in [-0.1, -0.05) is 50.2 Å². The third-order valence-corrected chi connectivity index (χ3v) is 6.28. The Morgan fingerprint density at radius 3 is 2.00 bits per heavy atom. The van der Waals surface area contributed by atoms with Gasteiger partial charge in [0.1, 0.15) is 0 Å². The van der Waals surface area contributed by atoms with Gasteiger partial charge in [0.15, 0.2) is 9.84 Å². The second-order valence-electron chi connectivity index (χ2n) is 8.16. The quantitative estimate of drug-likeness (QED) is 0.525. The summed E-state index contributed by atoms with van der Waals surface area (Å²) in [5, 5.41) is 3.39. The van der Waals surface area contributed by atoms with Gasteiger partial charge in [-0.15, -0.1) is 0 Å². The van der Waals surface area contributed by atoms with Crippen LogP contribution in [0.5, 0.6) is 0 Å². The van der Waals surface area contributed by atoms with Crippen molar-refractivity contribution in [1.29, 1.82) is 0 Å². The Morgan fingerprint density at radius 2 is 1.55 bits per heavy atom. The van der Waals surface area contributed by atoms with Gasteiger partial charge in [-0.25, -0.2) is 8.42 Å². The zero-order valence-electron chi connectivity index (χ0n) is 17.9. The molecule has 3 rings (SSSR count). The van der Waals surface area contributed by atoms with E-state index in [9.17, 15) is 13.2 Å². The number of sulfone groups is 1. The highest BCUT2D eigenvalue weighted by molar-refractivity contribution is 7.90. The zero-order valence-corrected chi connectivity index (χ0v) is 18.7. The molecule has 31 heavy (non-hydrogen) atoms. The van der Waals surface area contributed by atoms with Crippen molar-refractivity contribution >= 4 is 15.7 Å². The number of hydrogen-bond donors (Lipinski definition) is 2. The summed E-state index contributed by atoms with van der Waals surface area (Å²) in [5.74, 6) is -0.0722. The molecular formula is C24H28N2O4S. The summed E-state index contributed by atoms with van der Waals surface area (Å²) in [6, 6.07) is 15.9. The van der Waals surface area contributed by atoms with E-state index in [4.69, 9.17) is 10.2 Å². The molecule has 0 radical (unpaired) electrons. The lowest BCUT2D eigenvalue weighted by atomic mass is 9.95. The number of furan rings is 1. The molecule has 0 aliphatic rings. The van der Waals surface area contributed by atoms with Crippen LogP contribution in [0.1, 0.15) is 37.4 Å². The Bertz CT molecular complexity index is 1100. The summed E-state index contributed by atoms with van der Waals surface area (Å²) in [5.41, 5.74) is 9.39. The average Bonchev–Trinajstić information content (AvgIpc) is 3.25. The molecular weight excluding hydrogens is 412 g/mol. The van der Waals surface area contributed by atoms with Crippen LogP contribution in [-0.4, -0.2) is 26.6 Å². The van der Waals surface area contributed by atoms with E-state index in [-0.39, 0.29) is 11.9 Å². The van der Waals surface area contributed by atoms with E-state index in [2.05, 4.69) is 5.32 Å². The van der Waals surface area contributed by atoms with Crippen molar-refractivity contribution in [3.05, 3.63) is 78.3 Å². The van der Waals surface area contributed by atoms with Crippen molar-refractivity contribution in [2.45, 2.75) is 37.2 Å². The molecule has 0 saturated heterocycles. The van der Waals surface area contributed by atoms with Gasteiger partial charge in [0.25, 0.3) is 0 Å². The van der Waals surface area contributed by atoms with Gasteiger partial charge in [-0.3, -0.25) is 10.1 Å². The second-order valence-corrected chi connectivity index (χ2v) is 10.2. The first-order valence-corrected chi connectivity index (χ1v) is 12.0. The number of nitrogens with two attached hydrogens (primary N) is 1. The van der Waals surface area contributed by atoms with Crippen molar-refractivity contribution in [2.75, 3.05) is 6.26 Å². The maximum absolute atomic E-state index is 12.0. The first kappa shape index (κ1) is 22.8. The fourth-order valence-corrected chi connectivity index (χ4v) is 4.16. The number of amides is 1. The SMILES string of the molecule is CC(C)C[C@H](N[C@@H](c1ccc(-c2ccc(S(C)(=O)=O)cc2)cc1)c1ccoc1)C(N)=O. The normalized spacial score (nSPS) is 13.8. The molecule has 3 N–H and O–H groups in total. The number of rotatable bonds is 9. The molecule has 1 heterocycles. The molecule has 0 bridgehead atoms. The van der Waals surface area contributed by atoms with Crippen LogP contribution in [0.4, 0.5) is 0 Å². The van der Waals surface area contributed by atoms with Gasteiger partial charge < -0.3 is 10.2 Å². The largest absolute Gasteiger partial charge is 0.472 e. The van der Waals surface area contributed by atoms with Crippen molar-refractivity contribution < 1.29 is 17.6 Å².